The molecule has 0 bridgehead atoms. The number of urea groups is 1. The number of hydrogen-bond acceptors (Lipinski definition) is 5. The van der Waals surface area contributed by atoms with E-state index in [2.05, 4.69) is 15.6 Å². The zero-order valence-corrected chi connectivity index (χ0v) is 17.3. The highest BCUT2D eigenvalue weighted by atomic mass is 16.5. The number of nitrogens with one attached hydrogen (secondary N) is 2. The number of anilines is 1. The third kappa shape index (κ3) is 4.58. The Labute approximate surface area is 179 Å². The highest BCUT2D eigenvalue weighted by Crippen LogP contribution is 2.25. The summed E-state index contributed by atoms with van der Waals surface area (Å²) in [6.45, 7) is 0.406. The molecule has 0 saturated carbocycles. The Hall–Kier alpha value is -4.07. The SMILES string of the molecule is COc1cc(NC(=O)NCCc2nc3cccnc3n2-c2ccccc2)cc(OC)c1. The van der Waals surface area contributed by atoms with Gasteiger partial charge in [-0.3, -0.25) is 4.57 Å². The molecular weight excluding hydrogens is 394 g/mol. The maximum absolute atomic E-state index is 12.4. The van der Waals surface area contributed by atoms with Gasteiger partial charge in [-0.2, -0.15) is 0 Å². The summed E-state index contributed by atoms with van der Waals surface area (Å²) in [7, 11) is 3.12. The lowest BCUT2D eigenvalue weighted by Gasteiger charge is -2.11. The molecule has 0 atom stereocenters. The van der Waals surface area contributed by atoms with Gasteiger partial charge in [0.05, 0.1) is 14.2 Å². The van der Waals surface area contributed by atoms with Gasteiger partial charge in [-0.15, -0.1) is 0 Å². The number of imidazole rings is 1. The fourth-order valence-electron chi connectivity index (χ4n) is 3.32. The molecule has 2 heterocycles. The van der Waals surface area contributed by atoms with E-state index in [4.69, 9.17) is 14.5 Å². The normalized spacial score (nSPS) is 10.6. The summed E-state index contributed by atoms with van der Waals surface area (Å²) in [6, 6.07) is 18.6. The maximum Gasteiger partial charge on any atom is 0.319 e. The first-order valence-electron chi connectivity index (χ1n) is 9.83. The molecule has 8 nitrogen and oxygen atoms in total. The quantitative estimate of drug-likeness (QED) is 0.477. The van der Waals surface area contributed by atoms with Gasteiger partial charge in [0.25, 0.3) is 0 Å². The number of para-hydroxylation sites is 1. The van der Waals surface area contributed by atoms with Crippen molar-refractivity contribution in [3.63, 3.8) is 0 Å². The van der Waals surface area contributed by atoms with Crippen molar-refractivity contribution in [2.24, 2.45) is 0 Å². The monoisotopic (exact) mass is 417 g/mol. The molecule has 4 rings (SSSR count). The van der Waals surface area contributed by atoms with E-state index >= 15 is 0 Å². The minimum absolute atomic E-state index is 0.323. The Morgan fingerprint density at radius 2 is 1.74 bits per heavy atom. The first kappa shape index (κ1) is 20.2. The average molecular weight is 417 g/mol. The van der Waals surface area contributed by atoms with E-state index in [0.29, 0.717) is 30.2 Å². The van der Waals surface area contributed by atoms with Crippen LogP contribution in [-0.4, -0.2) is 41.3 Å². The van der Waals surface area contributed by atoms with Crippen LogP contribution in [0.15, 0.2) is 66.9 Å². The number of rotatable bonds is 7. The minimum atomic E-state index is -0.323. The van der Waals surface area contributed by atoms with Crippen LogP contribution in [0.2, 0.25) is 0 Å². The van der Waals surface area contributed by atoms with Crippen LogP contribution in [-0.2, 0) is 6.42 Å². The van der Waals surface area contributed by atoms with Crippen LogP contribution in [0.25, 0.3) is 16.9 Å². The van der Waals surface area contributed by atoms with Gasteiger partial charge in [0.2, 0.25) is 0 Å². The molecule has 2 aromatic heterocycles. The summed E-state index contributed by atoms with van der Waals surface area (Å²) in [5, 5.41) is 5.67. The Morgan fingerprint density at radius 3 is 2.45 bits per heavy atom. The van der Waals surface area contributed by atoms with Crippen molar-refractivity contribution in [3.05, 3.63) is 72.7 Å². The fraction of sp³-hybridized carbons (Fsp3) is 0.174. The molecule has 2 N–H and O–H groups in total. The lowest BCUT2D eigenvalue weighted by atomic mass is 10.3. The van der Waals surface area contributed by atoms with E-state index in [1.807, 2.05) is 47.0 Å². The number of carbonyl (C=O) groups is 1. The largest absolute Gasteiger partial charge is 0.497 e. The lowest BCUT2D eigenvalue weighted by Crippen LogP contribution is -2.30. The molecule has 0 spiro atoms. The van der Waals surface area contributed by atoms with Gasteiger partial charge in [-0.1, -0.05) is 18.2 Å². The number of pyridine rings is 1. The molecule has 158 valence electrons. The number of methoxy groups -OCH3 is 2. The van der Waals surface area contributed by atoms with Gasteiger partial charge in [0, 0.05) is 48.7 Å². The Balaban J connectivity index is 1.46. The van der Waals surface area contributed by atoms with Gasteiger partial charge in [0.1, 0.15) is 22.8 Å². The van der Waals surface area contributed by atoms with Crippen LogP contribution in [0.3, 0.4) is 0 Å². The number of amides is 2. The molecular formula is C23H23N5O3. The number of fused-ring (bicyclic) bond motifs is 1. The summed E-state index contributed by atoms with van der Waals surface area (Å²) >= 11 is 0. The van der Waals surface area contributed by atoms with E-state index in [1.54, 1.807) is 38.6 Å². The van der Waals surface area contributed by atoms with Gasteiger partial charge in [-0.25, -0.2) is 14.8 Å². The van der Waals surface area contributed by atoms with Crippen LogP contribution in [0.1, 0.15) is 5.82 Å². The van der Waals surface area contributed by atoms with Crippen molar-refractivity contribution in [3.8, 4) is 17.2 Å². The van der Waals surface area contributed by atoms with Crippen molar-refractivity contribution in [1.29, 1.82) is 0 Å². The second kappa shape index (κ2) is 9.17. The first-order valence-corrected chi connectivity index (χ1v) is 9.83. The van der Waals surface area contributed by atoms with E-state index in [9.17, 15) is 4.79 Å². The van der Waals surface area contributed by atoms with Crippen LogP contribution in [0, 0.1) is 0 Å². The molecule has 8 heteroatoms. The molecule has 0 aliphatic carbocycles. The average Bonchev–Trinajstić information content (AvgIpc) is 3.17. The summed E-state index contributed by atoms with van der Waals surface area (Å²) in [4.78, 5) is 21.6. The van der Waals surface area contributed by atoms with Crippen LogP contribution < -0.4 is 20.1 Å². The number of aromatic nitrogens is 3. The molecule has 31 heavy (non-hydrogen) atoms. The lowest BCUT2D eigenvalue weighted by molar-refractivity contribution is 0.252. The van der Waals surface area contributed by atoms with Gasteiger partial charge in [-0.05, 0) is 24.3 Å². The standard InChI is InChI=1S/C23H23N5O3/c1-30-18-13-16(14-19(15-18)31-2)26-23(29)25-12-10-21-27-20-9-6-11-24-22(20)28(21)17-7-4-3-5-8-17/h3-9,11,13-15H,10,12H2,1-2H3,(H2,25,26,29). The zero-order chi connectivity index (χ0) is 21.6. The van der Waals surface area contributed by atoms with Crippen molar-refractivity contribution in [2.75, 3.05) is 26.1 Å². The number of benzene rings is 2. The van der Waals surface area contributed by atoms with E-state index < -0.39 is 0 Å². The molecule has 4 aromatic rings. The Kier molecular flexibility index (Phi) is 5.98. The van der Waals surface area contributed by atoms with Crippen molar-refractivity contribution < 1.29 is 14.3 Å². The predicted molar refractivity (Wildman–Crippen MR) is 119 cm³/mol. The number of ether oxygens (including phenoxy) is 2. The van der Waals surface area contributed by atoms with E-state index in [1.165, 1.54) is 0 Å². The number of hydrogen-bond donors (Lipinski definition) is 2. The second-order valence-electron chi connectivity index (χ2n) is 6.78. The maximum atomic E-state index is 12.4. The molecule has 0 aliphatic rings. The molecule has 0 unspecified atom stereocenters. The van der Waals surface area contributed by atoms with E-state index in [0.717, 1.165) is 22.7 Å². The molecule has 0 fully saturated rings. The zero-order valence-electron chi connectivity index (χ0n) is 17.3. The predicted octanol–water partition coefficient (Wildman–Crippen LogP) is 3.80. The highest BCUT2D eigenvalue weighted by molar-refractivity contribution is 5.89. The summed E-state index contributed by atoms with van der Waals surface area (Å²) < 4.78 is 12.5. The summed E-state index contributed by atoms with van der Waals surface area (Å²) in [5.74, 6) is 2.01. The Bertz CT molecular complexity index is 1170. The highest BCUT2D eigenvalue weighted by Gasteiger charge is 2.13. The van der Waals surface area contributed by atoms with E-state index in [-0.39, 0.29) is 6.03 Å². The smallest absolute Gasteiger partial charge is 0.319 e. The molecule has 0 aliphatic heterocycles. The van der Waals surface area contributed by atoms with Gasteiger partial charge in [0.15, 0.2) is 5.65 Å². The van der Waals surface area contributed by atoms with Gasteiger partial charge < -0.3 is 20.1 Å². The van der Waals surface area contributed by atoms with Crippen LogP contribution in [0.5, 0.6) is 11.5 Å². The van der Waals surface area contributed by atoms with Crippen molar-refractivity contribution >= 4 is 22.9 Å². The van der Waals surface area contributed by atoms with Crippen LogP contribution in [0.4, 0.5) is 10.5 Å². The molecule has 2 aromatic carbocycles. The Morgan fingerprint density at radius 1 is 1.00 bits per heavy atom. The minimum Gasteiger partial charge on any atom is -0.497 e. The first-order chi connectivity index (χ1) is 15.2. The topological polar surface area (TPSA) is 90.3 Å². The molecule has 2 amide bonds. The van der Waals surface area contributed by atoms with Crippen LogP contribution >= 0.6 is 0 Å². The summed E-state index contributed by atoms with van der Waals surface area (Å²) in [6.07, 6.45) is 2.29. The fourth-order valence-corrected chi connectivity index (χ4v) is 3.32. The third-order valence-electron chi connectivity index (χ3n) is 4.74. The number of carbonyl (C=O) groups excluding carboxylic acids is 1. The third-order valence-corrected chi connectivity index (χ3v) is 4.74. The van der Waals surface area contributed by atoms with Crippen molar-refractivity contribution in [2.45, 2.75) is 6.42 Å². The molecule has 0 radical (unpaired) electrons. The number of nitrogens with zero attached hydrogens (tertiary/aromatic N) is 3. The van der Waals surface area contributed by atoms with Gasteiger partial charge >= 0.3 is 6.03 Å². The second-order valence-corrected chi connectivity index (χ2v) is 6.78. The molecule has 0 saturated heterocycles. The summed E-state index contributed by atoms with van der Waals surface area (Å²) in [5.41, 5.74) is 3.16. The van der Waals surface area contributed by atoms with Crippen molar-refractivity contribution in [1.82, 2.24) is 19.9 Å².